The second-order valence-electron chi connectivity index (χ2n) is 1.29. The summed E-state index contributed by atoms with van der Waals surface area (Å²) in [4.78, 5) is 9.57. The number of hydrogen-bond donors (Lipinski definition) is 0. The molecular weight excluding hydrogens is 104 g/mol. The first-order valence-corrected chi connectivity index (χ1v) is 2.44. The van der Waals surface area contributed by atoms with E-state index in [1.54, 1.807) is 25.7 Å². The molecule has 45 valence electrons. The van der Waals surface area contributed by atoms with Crippen molar-refractivity contribution in [3.05, 3.63) is 12.3 Å². The van der Waals surface area contributed by atoms with Gasteiger partial charge in [-0.1, -0.05) is 0 Å². The van der Waals surface area contributed by atoms with Crippen LogP contribution in [0.15, 0.2) is 12.3 Å². The van der Waals surface area contributed by atoms with Crippen LogP contribution in [-0.2, 0) is 9.53 Å². The average molecular weight is 113 g/mol. The highest BCUT2D eigenvalue weighted by Gasteiger charge is 1.76. The van der Waals surface area contributed by atoms with E-state index >= 15 is 0 Å². The summed E-state index contributed by atoms with van der Waals surface area (Å²) in [5.41, 5.74) is 0. The summed E-state index contributed by atoms with van der Waals surface area (Å²) in [5.74, 6) is 0. The third-order valence-electron chi connectivity index (χ3n) is 0.645. The third-order valence-corrected chi connectivity index (χ3v) is 0.645. The Kier molecular flexibility index (Phi) is 5.60. The summed E-state index contributed by atoms with van der Waals surface area (Å²) in [7, 11) is 1.57. The van der Waals surface area contributed by atoms with Gasteiger partial charge in [0.15, 0.2) is 6.29 Å². The summed E-state index contributed by atoms with van der Waals surface area (Å²) in [6, 6.07) is 0. The van der Waals surface area contributed by atoms with Gasteiger partial charge in [0.1, 0.15) is 0 Å². The number of ether oxygens (including phenoxy) is 1. The normalized spacial score (nSPS) is 9.62. The van der Waals surface area contributed by atoms with Crippen molar-refractivity contribution in [3.8, 4) is 0 Å². The minimum atomic E-state index is 0.458. The van der Waals surface area contributed by atoms with E-state index in [1.165, 1.54) is 0 Å². The molecule has 0 saturated heterocycles. The number of unbranched alkanes of at least 4 members (excludes halogenated alkanes) is 1. The smallest absolute Gasteiger partial charge is 0.198 e. The lowest BCUT2D eigenvalue weighted by molar-refractivity contribution is 0.336. The Morgan fingerprint density at radius 1 is 1.75 bits per heavy atom. The van der Waals surface area contributed by atoms with E-state index < -0.39 is 0 Å². The van der Waals surface area contributed by atoms with Gasteiger partial charge < -0.3 is 4.74 Å². The molecule has 0 unspecified atom stereocenters. The van der Waals surface area contributed by atoms with E-state index in [2.05, 4.69) is 4.74 Å². The van der Waals surface area contributed by atoms with Crippen molar-refractivity contribution in [1.82, 2.24) is 0 Å². The first-order chi connectivity index (χ1) is 3.91. The van der Waals surface area contributed by atoms with Crippen LogP contribution in [0.4, 0.5) is 0 Å². The summed E-state index contributed by atoms with van der Waals surface area (Å²) in [6.07, 6.45) is 6.28. The highest BCUT2D eigenvalue weighted by molar-refractivity contribution is 5.50. The maximum atomic E-state index is 9.57. The molecule has 0 aliphatic rings. The summed E-state index contributed by atoms with van der Waals surface area (Å²) >= 11 is 0. The van der Waals surface area contributed by atoms with Gasteiger partial charge in [0.2, 0.25) is 0 Å². The molecule has 0 heterocycles. The van der Waals surface area contributed by atoms with E-state index in [0.717, 1.165) is 6.42 Å². The van der Waals surface area contributed by atoms with E-state index in [9.17, 15) is 4.79 Å². The third kappa shape index (κ3) is 5.21. The van der Waals surface area contributed by atoms with Gasteiger partial charge in [-0.2, -0.15) is 0 Å². The molecule has 0 aromatic rings. The van der Waals surface area contributed by atoms with Crippen molar-refractivity contribution in [2.45, 2.75) is 12.8 Å². The van der Waals surface area contributed by atoms with Gasteiger partial charge in [-0.05, 0) is 12.5 Å². The van der Waals surface area contributed by atoms with Crippen molar-refractivity contribution in [1.29, 1.82) is 0 Å². The van der Waals surface area contributed by atoms with Crippen LogP contribution < -0.4 is 0 Å². The Hall–Kier alpha value is -0.790. The zero-order valence-corrected chi connectivity index (χ0v) is 4.89. The zero-order valence-electron chi connectivity index (χ0n) is 4.89. The molecule has 0 aromatic heterocycles. The predicted octanol–water partition coefficient (Wildman–Crippen LogP) is 1.04. The first-order valence-electron chi connectivity index (χ1n) is 2.44. The number of rotatable bonds is 4. The van der Waals surface area contributed by atoms with Crippen LogP contribution in [0.25, 0.3) is 0 Å². The summed E-state index contributed by atoms with van der Waals surface area (Å²) in [6.45, 7) is 0. The lowest BCUT2D eigenvalue weighted by Crippen LogP contribution is -1.70. The molecule has 0 amide bonds. The van der Waals surface area contributed by atoms with Crippen LogP contribution in [0, 0.1) is 0 Å². The molecule has 0 saturated carbocycles. The molecule has 0 aliphatic carbocycles. The van der Waals surface area contributed by atoms with Crippen LogP contribution >= 0.6 is 0 Å². The topological polar surface area (TPSA) is 26.3 Å². The Balaban J connectivity index is 2.90. The Morgan fingerprint density at radius 3 is 3.00 bits per heavy atom. The quantitative estimate of drug-likeness (QED) is 0.402. The van der Waals surface area contributed by atoms with Crippen molar-refractivity contribution in [3.63, 3.8) is 0 Å². The van der Waals surface area contributed by atoms with E-state index in [4.69, 9.17) is 0 Å². The molecule has 0 fully saturated rings. The second-order valence-corrected chi connectivity index (χ2v) is 1.29. The first kappa shape index (κ1) is 7.21. The van der Waals surface area contributed by atoms with Gasteiger partial charge in [0.05, 0.1) is 13.4 Å². The van der Waals surface area contributed by atoms with Crippen molar-refractivity contribution in [2.24, 2.45) is 0 Å². The Bertz CT molecular complexity index is 76.6. The van der Waals surface area contributed by atoms with Crippen molar-refractivity contribution >= 4 is 6.29 Å². The molecule has 0 spiro atoms. The fourth-order valence-electron chi connectivity index (χ4n) is 0.307. The van der Waals surface area contributed by atoms with Crippen LogP contribution in [-0.4, -0.2) is 13.4 Å². The predicted molar refractivity (Wildman–Crippen MR) is 31.1 cm³/mol. The zero-order chi connectivity index (χ0) is 6.24. The van der Waals surface area contributed by atoms with Gasteiger partial charge in [0, 0.05) is 6.42 Å². The largest absolute Gasteiger partial charge is 0.505 e. The molecule has 1 radical (unpaired) electrons. The highest BCUT2D eigenvalue weighted by atomic mass is 16.5. The highest BCUT2D eigenvalue weighted by Crippen LogP contribution is 1.85. The van der Waals surface area contributed by atoms with Gasteiger partial charge in [-0.15, -0.1) is 0 Å². The van der Waals surface area contributed by atoms with E-state index in [0.29, 0.717) is 6.42 Å². The molecule has 0 bridgehead atoms. The number of methoxy groups -OCH3 is 1. The molecule has 0 atom stereocenters. The van der Waals surface area contributed by atoms with E-state index in [1.807, 2.05) is 0 Å². The summed E-state index contributed by atoms with van der Waals surface area (Å²) < 4.78 is 4.58. The minimum Gasteiger partial charge on any atom is -0.505 e. The molecular formula is C6H9O2. The van der Waals surface area contributed by atoms with Gasteiger partial charge in [-0.25, -0.2) is 0 Å². The maximum Gasteiger partial charge on any atom is 0.198 e. The number of hydrogen-bond acceptors (Lipinski definition) is 2. The minimum absolute atomic E-state index is 0.458. The molecule has 8 heavy (non-hydrogen) atoms. The molecule has 0 aliphatic heterocycles. The standard InChI is InChI=1S/C6H9O2/c1-8-6-4-2-3-5-7/h4,6H,2-3H2,1H3. The monoisotopic (exact) mass is 113 g/mol. The van der Waals surface area contributed by atoms with Crippen molar-refractivity contribution in [2.75, 3.05) is 7.11 Å². The summed E-state index contributed by atoms with van der Waals surface area (Å²) in [5, 5.41) is 0. The molecule has 0 N–H and O–H groups in total. The fraction of sp³-hybridized carbons (Fsp3) is 0.500. The van der Waals surface area contributed by atoms with Gasteiger partial charge in [-0.3, -0.25) is 4.79 Å². The van der Waals surface area contributed by atoms with E-state index in [-0.39, 0.29) is 0 Å². The van der Waals surface area contributed by atoms with Crippen LogP contribution in [0.2, 0.25) is 0 Å². The number of allylic oxidation sites excluding steroid dienone is 1. The lowest BCUT2D eigenvalue weighted by Gasteiger charge is -1.82. The van der Waals surface area contributed by atoms with Crippen molar-refractivity contribution < 1.29 is 9.53 Å². The Labute approximate surface area is 49.1 Å². The molecule has 2 nitrogen and oxygen atoms in total. The average Bonchev–Trinajstić information content (AvgIpc) is 1.81. The second kappa shape index (κ2) is 6.21. The number of carbonyl (C=O) groups excluding carboxylic acids is 1. The van der Waals surface area contributed by atoms with Crippen LogP contribution in [0.5, 0.6) is 0 Å². The molecule has 0 aromatic carbocycles. The lowest BCUT2D eigenvalue weighted by atomic mass is 10.3. The molecule has 2 heteroatoms. The molecule has 0 rings (SSSR count). The van der Waals surface area contributed by atoms with Crippen LogP contribution in [0.1, 0.15) is 12.8 Å². The Morgan fingerprint density at radius 2 is 2.50 bits per heavy atom. The SMILES string of the molecule is COC=CCC[C]=O. The fourth-order valence-corrected chi connectivity index (χ4v) is 0.307. The maximum absolute atomic E-state index is 9.57. The van der Waals surface area contributed by atoms with Crippen LogP contribution in [0.3, 0.4) is 0 Å². The van der Waals surface area contributed by atoms with Gasteiger partial charge in [0.25, 0.3) is 0 Å². The van der Waals surface area contributed by atoms with Gasteiger partial charge >= 0.3 is 0 Å².